The van der Waals surface area contributed by atoms with E-state index in [2.05, 4.69) is 5.32 Å². The summed E-state index contributed by atoms with van der Waals surface area (Å²) >= 11 is 0. The third kappa shape index (κ3) is 4.94. The molecule has 0 aliphatic carbocycles. The zero-order valence-corrected chi connectivity index (χ0v) is 15.3. The summed E-state index contributed by atoms with van der Waals surface area (Å²) in [4.78, 5) is 28.0. The van der Waals surface area contributed by atoms with E-state index in [0.29, 0.717) is 37.6 Å². The maximum atomic E-state index is 12.2. The monoisotopic (exact) mass is 392 g/mol. The van der Waals surface area contributed by atoms with Gasteiger partial charge in [-0.25, -0.2) is 13.6 Å². The molecule has 3 N–H and O–H groups in total. The van der Waals surface area contributed by atoms with E-state index in [-0.39, 0.29) is 23.3 Å². The second-order valence-corrected chi connectivity index (χ2v) is 7.72. The molecule has 2 amide bonds. The van der Waals surface area contributed by atoms with Crippen molar-refractivity contribution in [3.63, 3.8) is 0 Å². The molecule has 1 aliphatic heterocycles. The number of furan rings is 1. The fourth-order valence-electron chi connectivity index (χ4n) is 2.80. The molecule has 0 saturated carbocycles. The number of piperazine rings is 1. The van der Waals surface area contributed by atoms with Gasteiger partial charge in [0.25, 0.3) is 5.91 Å². The largest absolute Gasteiger partial charge is 0.459 e. The molecule has 3 rings (SSSR count). The number of carbonyl (C=O) groups is 2. The highest BCUT2D eigenvalue weighted by molar-refractivity contribution is 7.89. The van der Waals surface area contributed by atoms with Gasteiger partial charge in [0.2, 0.25) is 15.9 Å². The number of nitrogens with two attached hydrogens (primary N) is 1. The summed E-state index contributed by atoms with van der Waals surface area (Å²) in [6.07, 6.45) is 1.46. The molecule has 9 nitrogen and oxygen atoms in total. The number of carbonyl (C=O) groups excluding carboxylic acids is 2. The molecule has 0 radical (unpaired) electrons. The number of nitrogens with zero attached hydrogens (tertiary/aromatic N) is 2. The summed E-state index contributed by atoms with van der Waals surface area (Å²) in [6.45, 7) is 2.35. The molecule has 0 atom stereocenters. The smallest absolute Gasteiger partial charge is 0.289 e. The second-order valence-electron chi connectivity index (χ2n) is 6.16. The normalized spacial score (nSPS) is 15.5. The van der Waals surface area contributed by atoms with Crippen molar-refractivity contribution in [3.8, 4) is 0 Å². The van der Waals surface area contributed by atoms with Crippen molar-refractivity contribution >= 4 is 27.5 Å². The van der Waals surface area contributed by atoms with Gasteiger partial charge in [0.1, 0.15) is 0 Å². The number of anilines is 1. The van der Waals surface area contributed by atoms with Gasteiger partial charge in [0, 0.05) is 31.9 Å². The Morgan fingerprint density at radius 2 is 1.74 bits per heavy atom. The van der Waals surface area contributed by atoms with Crippen molar-refractivity contribution in [1.29, 1.82) is 0 Å². The third-order valence-corrected chi connectivity index (χ3v) is 5.15. The lowest BCUT2D eigenvalue weighted by atomic mass is 10.2. The molecule has 1 aromatic carbocycles. The number of benzene rings is 1. The van der Waals surface area contributed by atoms with Crippen LogP contribution in [0.2, 0.25) is 0 Å². The van der Waals surface area contributed by atoms with Gasteiger partial charge in [0.05, 0.1) is 17.7 Å². The zero-order valence-electron chi connectivity index (χ0n) is 14.5. The van der Waals surface area contributed by atoms with Crippen molar-refractivity contribution in [3.05, 3.63) is 48.4 Å². The number of rotatable bonds is 5. The Bertz CT molecular complexity index is 901. The van der Waals surface area contributed by atoms with E-state index < -0.39 is 10.0 Å². The van der Waals surface area contributed by atoms with Crippen LogP contribution in [0.15, 0.2) is 52.0 Å². The summed E-state index contributed by atoms with van der Waals surface area (Å²) in [6, 6.07) is 8.94. The van der Waals surface area contributed by atoms with Crippen LogP contribution in [0.3, 0.4) is 0 Å². The lowest BCUT2D eigenvalue weighted by Crippen LogP contribution is -2.50. The Kier molecular flexibility index (Phi) is 5.59. The number of hydrogen-bond acceptors (Lipinski definition) is 6. The molecule has 1 saturated heterocycles. The third-order valence-electron chi connectivity index (χ3n) is 4.23. The van der Waals surface area contributed by atoms with Gasteiger partial charge < -0.3 is 14.6 Å². The van der Waals surface area contributed by atoms with Gasteiger partial charge >= 0.3 is 0 Å². The van der Waals surface area contributed by atoms with Gasteiger partial charge in [0.15, 0.2) is 5.76 Å². The summed E-state index contributed by atoms with van der Waals surface area (Å²) in [5.74, 6) is -0.0626. The molecule has 144 valence electrons. The minimum atomic E-state index is -3.76. The Hall–Kier alpha value is -2.69. The topological polar surface area (TPSA) is 126 Å². The summed E-state index contributed by atoms with van der Waals surface area (Å²) < 4.78 is 27.6. The molecular weight excluding hydrogens is 372 g/mol. The Morgan fingerprint density at radius 1 is 1.07 bits per heavy atom. The molecule has 1 aliphatic rings. The van der Waals surface area contributed by atoms with Crippen LogP contribution in [0.4, 0.5) is 5.69 Å². The van der Waals surface area contributed by atoms with Crippen LogP contribution in [-0.2, 0) is 14.8 Å². The van der Waals surface area contributed by atoms with Crippen LogP contribution in [0.25, 0.3) is 0 Å². The fraction of sp³-hybridized carbons (Fsp3) is 0.294. The minimum absolute atomic E-state index is 0.0159. The second kappa shape index (κ2) is 7.91. The van der Waals surface area contributed by atoms with Crippen LogP contribution in [0.5, 0.6) is 0 Å². The first kappa shape index (κ1) is 19.1. The van der Waals surface area contributed by atoms with E-state index in [0.717, 1.165) is 0 Å². The van der Waals surface area contributed by atoms with Crippen LogP contribution in [-0.4, -0.2) is 62.8 Å². The molecule has 1 aromatic heterocycles. The molecular formula is C17H20N4O5S. The Morgan fingerprint density at radius 3 is 2.30 bits per heavy atom. The molecule has 0 spiro atoms. The first-order valence-electron chi connectivity index (χ1n) is 8.31. The summed E-state index contributed by atoms with van der Waals surface area (Å²) in [5.41, 5.74) is 0.485. The van der Waals surface area contributed by atoms with Crippen LogP contribution >= 0.6 is 0 Å². The molecule has 0 unspecified atom stereocenters. The average molecular weight is 392 g/mol. The number of sulfonamides is 1. The maximum absolute atomic E-state index is 12.2. The van der Waals surface area contributed by atoms with E-state index in [4.69, 9.17) is 9.56 Å². The van der Waals surface area contributed by atoms with Crippen molar-refractivity contribution < 1.29 is 22.4 Å². The highest BCUT2D eigenvalue weighted by Crippen LogP contribution is 2.13. The van der Waals surface area contributed by atoms with E-state index in [1.807, 2.05) is 4.90 Å². The maximum Gasteiger partial charge on any atom is 0.289 e. The van der Waals surface area contributed by atoms with Crippen molar-refractivity contribution in [2.45, 2.75) is 4.90 Å². The standard InChI is InChI=1S/C17H20N4O5S/c18-27(24,25)14-5-3-13(4-6-14)19-16(22)12-20-7-9-21(10-8-20)17(23)15-2-1-11-26-15/h1-6,11H,7-10,12H2,(H,19,22)(H2,18,24,25). The lowest BCUT2D eigenvalue weighted by molar-refractivity contribution is -0.117. The average Bonchev–Trinajstić information content (AvgIpc) is 3.16. The predicted octanol–water partition coefficient (Wildman–Crippen LogP) is 0.324. The van der Waals surface area contributed by atoms with Crippen molar-refractivity contribution in [2.24, 2.45) is 5.14 Å². The van der Waals surface area contributed by atoms with Gasteiger partial charge in [-0.2, -0.15) is 0 Å². The first-order valence-corrected chi connectivity index (χ1v) is 9.85. The Balaban J connectivity index is 1.47. The number of primary sulfonamides is 1. The Labute approximate surface area is 156 Å². The molecule has 0 bridgehead atoms. The minimum Gasteiger partial charge on any atom is -0.459 e. The van der Waals surface area contributed by atoms with E-state index in [9.17, 15) is 18.0 Å². The van der Waals surface area contributed by atoms with Crippen LogP contribution < -0.4 is 10.5 Å². The van der Waals surface area contributed by atoms with Gasteiger partial charge in [-0.3, -0.25) is 14.5 Å². The van der Waals surface area contributed by atoms with Gasteiger partial charge in [-0.15, -0.1) is 0 Å². The number of amides is 2. The molecule has 2 aromatic rings. The summed E-state index contributed by atoms with van der Waals surface area (Å²) in [5, 5.41) is 7.75. The number of nitrogens with one attached hydrogen (secondary N) is 1. The molecule has 1 fully saturated rings. The quantitative estimate of drug-likeness (QED) is 0.755. The highest BCUT2D eigenvalue weighted by Gasteiger charge is 2.24. The van der Waals surface area contributed by atoms with E-state index in [1.54, 1.807) is 17.0 Å². The van der Waals surface area contributed by atoms with Crippen molar-refractivity contribution in [1.82, 2.24) is 9.80 Å². The molecule has 10 heteroatoms. The number of hydrogen-bond donors (Lipinski definition) is 2. The van der Waals surface area contributed by atoms with Crippen molar-refractivity contribution in [2.75, 3.05) is 38.0 Å². The van der Waals surface area contributed by atoms with E-state index >= 15 is 0 Å². The van der Waals surface area contributed by atoms with E-state index in [1.165, 1.54) is 30.5 Å². The SMILES string of the molecule is NS(=O)(=O)c1ccc(NC(=O)CN2CCN(C(=O)c3ccco3)CC2)cc1. The zero-order chi connectivity index (χ0) is 19.4. The molecule has 2 heterocycles. The summed E-state index contributed by atoms with van der Waals surface area (Å²) in [7, 11) is -3.76. The highest BCUT2D eigenvalue weighted by atomic mass is 32.2. The first-order chi connectivity index (χ1) is 12.8. The molecule has 27 heavy (non-hydrogen) atoms. The van der Waals surface area contributed by atoms with Gasteiger partial charge in [-0.1, -0.05) is 0 Å². The van der Waals surface area contributed by atoms with Crippen LogP contribution in [0, 0.1) is 0 Å². The van der Waals surface area contributed by atoms with Gasteiger partial charge in [-0.05, 0) is 36.4 Å². The lowest BCUT2D eigenvalue weighted by Gasteiger charge is -2.33. The van der Waals surface area contributed by atoms with Crippen LogP contribution in [0.1, 0.15) is 10.6 Å². The fourth-order valence-corrected chi connectivity index (χ4v) is 3.31. The predicted molar refractivity (Wildman–Crippen MR) is 97.5 cm³/mol.